The van der Waals surface area contributed by atoms with Crippen LogP contribution in [0.5, 0.6) is 5.88 Å². The Bertz CT molecular complexity index is 564. The van der Waals surface area contributed by atoms with Crippen molar-refractivity contribution in [3.05, 3.63) is 29.8 Å². The Morgan fingerprint density at radius 1 is 1.47 bits per heavy atom. The maximum absolute atomic E-state index is 11.0. The van der Waals surface area contributed by atoms with Crippen molar-refractivity contribution in [2.45, 2.75) is 4.90 Å². The van der Waals surface area contributed by atoms with Crippen LogP contribution < -0.4 is 0 Å². The second kappa shape index (κ2) is 4.63. The Balaban J connectivity index is 2.59. The van der Waals surface area contributed by atoms with Crippen LogP contribution in [0.1, 0.15) is 10.4 Å². The zero-order valence-electron chi connectivity index (χ0n) is 9.54. The average molecular weight is 248 g/mol. The van der Waals surface area contributed by atoms with Crippen LogP contribution in [0.25, 0.3) is 11.3 Å². The maximum atomic E-state index is 11.0. The highest BCUT2D eigenvalue weighted by Gasteiger charge is 2.16. The van der Waals surface area contributed by atoms with Gasteiger partial charge in [-0.2, -0.15) is 5.10 Å². The molecule has 0 fully saturated rings. The van der Waals surface area contributed by atoms with Gasteiger partial charge in [0.15, 0.2) is 6.29 Å². The van der Waals surface area contributed by atoms with Crippen LogP contribution in [0.4, 0.5) is 0 Å². The van der Waals surface area contributed by atoms with Crippen molar-refractivity contribution in [1.29, 1.82) is 0 Å². The molecule has 0 amide bonds. The molecule has 0 saturated carbocycles. The summed E-state index contributed by atoms with van der Waals surface area (Å²) in [7, 11) is 1.60. The quantitative estimate of drug-likeness (QED) is 0.669. The van der Waals surface area contributed by atoms with E-state index >= 15 is 0 Å². The molecule has 0 aliphatic heterocycles. The number of rotatable bonds is 3. The lowest BCUT2D eigenvalue weighted by atomic mass is 10.1. The molecule has 17 heavy (non-hydrogen) atoms. The molecule has 0 unspecified atom stereocenters. The zero-order chi connectivity index (χ0) is 12.4. The first-order valence-electron chi connectivity index (χ1n) is 5.03. The highest BCUT2D eigenvalue weighted by molar-refractivity contribution is 7.98. The lowest BCUT2D eigenvalue weighted by Gasteiger charge is -2.00. The topological polar surface area (TPSA) is 55.1 Å². The van der Waals surface area contributed by atoms with Crippen molar-refractivity contribution in [3.63, 3.8) is 0 Å². The third kappa shape index (κ3) is 2.06. The molecular formula is C12H12N2O2S. The van der Waals surface area contributed by atoms with E-state index in [4.69, 9.17) is 0 Å². The number of aldehydes is 1. The SMILES string of the molecule is CSc1cccc(-c2nn(C)c(O)c2C=O)c1. The van der Waals surface area contributed by atoms with Crippen LogP contribution in [0.3, 0.4) is 0 Å². The van der Waals surface area contributed by atoms with E-state index in [-0.39, 0.29) is 11.4 Å². The first-order valence-corrected chi connectivity index (χ1v) is 6.25. The summed E-state index contributed by atoms with van der Waals surface area (Å²) >= 11 is 1.62. The van der Waals surface area contributed by atoms with Gasteiger partial charge in [0.25, 0.3) is 0 Å². The Hall–Kier alpha value is -1.75. The van der Waals surface area contributed by atoms with Gasteiger partial charge in [0.05, 0.1) is 0 Å². The summed E-state index contributed by atoms with van der Waals surface area (Å²) in [5, 5.41) is 13.8. The second-order valence-corrected chi connectivity index (χ2v) is 4.44. The number of aryl methyl sites for hydroxylation is 1. The van der Waals surface area contributed by atoms with E-state index in [1.54, 1.807) is 18.8 Å². The first kappa shape index (κ1) is 11.7. The van der Waals surface area contributed by atoms with Crippen LogP contribution in [0, 0.1) is 0 Å². The molecule has 0 bridgehead atoms. The molecule has 88 valence electrons. The fourth-order valence-electron chi connectivity index (χ4n) is 1.62. The summed E-state index contributed by atoms with van der Waals surface area (Å²) in [5.41, 5.74) is 1.57. The number of benzene rings is 1. The van der Waals surface area contributed by atoms with Crippen molar-refractivity contribution in [2.75, 3.05) is 6.26 Å². The molecule has 1 aromatic heterocycles. The van der Waals surface area contributed by atoms with E-state index in [0.717, 1.165) is 10.5 Å². The highest BCUT2D eigenvalue weighted by Crippen LogP contribution is 2.29. The van der Waals surface area contributed by atoms with Gasteiger partial charge in [-0.05, 0) is 18.4 Å². The first-order chi connectivity index (χ1) is 8.17. The van der Waals surface area contributed by atoms with Gasteiger partial charge in [-0.25, -0.2) is 4.68 Å². The molecule has 1 heterocycles. The van der Waals surface area contributed by atoms with E-state index in [9.17, 15) is 9.90 Å². The lowest BCUT2D eigenvalue weighted by Crippen LogP contribution is -1.89. The van der Waals surface area contributed by atoms with Gasteiger partial charge < -0.3 is 5.11 Å². The number of hydrogen-bond acceptors (Lipinski definition) is 4. The minimum absolute atomic E-state index is 0.107. The van der Waals surface area contributed by atoms with E-state index in [1.807, 2.05) is 30.5 Å². The third-order valence-electron chi connectivity index (χ3n) is 2.51. The minimum Gasteiger partial charge on any atom is -0.493 e. The van der Waals surface area contributed by atoms with Crippen molar-refractivity contribution in [1.82, 2.24) is 9.78 Å². The number of aromatic hydroxyl groups is 1. The van der Waals surface area contributed by atoms with Gasteiger partial charge in [-0.15, -0.1) is 11.8 Å². The number of carbonyl (C=O) groups excluding carboxylic acids is 1. The predicted octanol–water partition coefficient (Wildman–Crippen LogP) is 2.33. The van der Waals surface area contributed by atoms with E-state index in [2.05, 4.69) is 5.10 Å². The molecule has 2 rings (SSSR count). The smallest absolute Gasteiger partial charge is 0.220 e. The van der Waals surface area contributed by atoms with Gasteiger partial charge in [0.2, 0.25) is 5.88 Å². The highest BCUT2D eigenvalue weighted by atomic mass is 32.2. The van der Waals surface area contributed by atoms with E-state index < -0.39 is 0 Å². The van der Waals surface area contributed by atoms with Crippen LogP contribution in [0.2, 0.25) is 0 Å². The zero-order valence-corrected chi connectivity index (χ0v) is 10.4. The van der Waals surface area contributed by atoms with Crippen LogP contribution in [-0.4, -0.2) is 27.4 Å². The number of nitrogens with zero attached hydrogens (tertiary/aromatic N) is 2. The van der Waals surface area contributed by atoms with Gasteiger partial charge in [-0.1, -0.05) is 12.1 Å². The van der Waals surface area contributed by atoms with Gasteiger partial charge >= 0.3 is 0 Å². The Morgan fingerprint density at radius 2 is 2.24 bits per heavy atom. The predicted molar refractivity (Wildman–Crippen MR) is 67.5 cm³/mol. The standard InChI is InChI=1S/C12H12N2O2S/c1-14-12(16)10(7-15)11(13-14)8-4-3-5-9(6-8)17-2/h3-7,16H,1-2H3. The number of thioether (sulfide) groups is 1. The molecular weight excluding hydrogens is 236 g/mol. The summed E-state index contributed by atoms with van der Waals surface area (Å²) in [6.07, 6.45) is 2.61. The van der Waals surface area contributed by atoms with Crippen molar-refractivity contribution < 1.29 is 9.90 Å². The summed E-state index contributed by atoms with van der Waals surface area (Å²) in [5.74, 6) is -0.107. The molecule has 4 nitrogen and oxygen atoms in total. The van der Waals surface area contributed by atoms with Gasteiger partial charge in [-0.3, -0.25) is 4.79 Å². The lowest BCUT2D eigenvalue weighted by molar-refractivity contribution is 0.112. The molecule has 0 aliphatic carbocycles. The number of hydrogen-bond donors (Lipinski definition) is 1. The Morgan fingerprint density at radius 3 is 2.88 bits per heavy atom. The molecule has 5 heteroatoms. The van der Waals surface area contributed by atoms with Crippen molar-refractivity contribution in [2.24, 2.45) is 7.05 Å². The van der Waals surface area contributed by atoms with Crippen LogP contribution in [-0.2, 0) is 7.05 Å². The molecule has 0 radical (unpaired) electrons. The normalized spacial score (nSPS) is 10.5. The second-order valence-electron chi connectivity index (χ2n) is 3.56. The molecule has 2 aromatic rings. The summed E-state index contributed by atoms with van der Waals surface area (Å²) in [4.78, 5) is 12.1. The summed E-state index contributed by atoms with van der Waals surface area (Å²) < 4.78 is 1.30. The van der Waals surface area contributed by atoms with Gasteiger partial charge in [0.1, 0.15) is 11.3 Å². The third-order valence-corrected chi connectivity index (χ3v) is 3.24. The molecule has 0 saturated heterocycles. The maximum Gasteiger partial charge on any atom is 0.220 e. The van der Waals surface area contributed by atoms with E-state index in [1.165, 1.54) is 4.68 Å². The van der Waals surface area contributed by atoms with Crippen molar-refractivity contribution >= 4 is 18.0 Å². The largest absolute Gasteiger partial charge is 0.493 e. The van der Waals surface area contributed by atoms with Crippen LogP contribution >= 0.6 is 11.8 Å². The monoisotopic (exact) mass is 248 g/mol. The average Bonchev–Trinajstić information content (AvgIpc) is 2.65. The fourth-order valence-corrected chi connectivity index (χ4v) is 2.08. The molecule has 0 aliphatic rings. The molecule has 0 spiro atoms. The summed E-state index contributed by atoms with van der Waals surface area (Å²) in [6.45, 7) is 0. The number of aromatic nitrogens is 2. The molecule has 0 atom stereocenters. The molecule has 1 aromatic carbocycles. The van der Waals surface area contributed by atoms with E-state index in [0.29, 0.717) is 12.0 Å². The Kier molecular flexibility index (Phi) is 3.19. The minimum atomic E-state index is -0.107. The number of carbonyl (C=O) groups is 1. The summed E-state index contributed by atoms with van der Waals surface area (Å²) in [6, 6.07) is 7.70. The Labute approximate surface area is 103 Å². The van der Waals surface area contributed by atoms with Crippen LogP contribution in [0.15, 0.2) is 29.2 Å². The van der Waals surface area contributed by atoms with Gasteiger partial charge in [0, 0.05) is 17.5 Å². The fraction of sp³-hybridized carbons (Fsp3) is 0.167. The molecule has 1 N–H and O–H groups in total. The van der Waals surface area contributed by atoms with Crippen molar-refractivity contribution in [3.8, 4) is 17.1 Å².